The van der Waals surface area contributed by atoms with Gasteiger partial charge in [0.25, 0.3) is 5.91 Å². The Bertz CT molecular complexity index is 630. The van der Waals surface area contributed by atoms with E-state index in [4.69, 9.17) is 14.2 Å². The van der Waals surface area contributed by atoms with Gasteiger partial charge in [-0.2, -0.15) is 0 Å². The molecule has 0 saturated heterocycles. The highest BCUT2D eigenvalue weighted by Crippen LogP contribution is 2.27. The van der Waals surface area contributed by atoms with Gasteiger partial charge in [-0.25, -0.2) is 0 Å². The quantitative estimate of drug-likeness (QED) is 0.719. The SMILES string of the molecule is CCC(Oc1ccccc1OC)C(=O)NCCOc1ccccc1. The van der Waals surface area contributed by atoms with Gasteiger partial charge in [0, 0.05) is 0 Å². The molecule has 1 atom stereocenters. The van der Waals surface area contributed by atoms with Gasteiger partial charge in [0.15, 0.2) is 17.6 Å². The van der Waals surface area contributed by atoms with Crippen LogP contribution < -0.4 is 19.5 Å². The lowest BCUT2D eigenvalue weighted by molar-refractivity contribution is -0.128. The van der Waals surface area contributed by atoms with E-state index < -0.39 is 6.10 Å². The van der Waals surface area contributed by atoms with E-state index in [0.717, 1.165) is 5.75 Å². The van der Waals surface area contributed by atoms with E-state index in [0.29, 0.717) is 31.1 Å². The van der Waals surface area contributed by atoms with Crippen molar-refractivity contribution in [3.63, 3.8) is 0 Å². The number of carbonyl (C=O) groups excluding carboxylic acids is 1. The number of ether oxygens (including phenoxy) is 3. The van der Waals surface area contributed by atoms with Crippen LogP contribution in [0.2, 0.25) is 0 Å². The first-order chi connectivity index (χ1) is 11.7. The van der Waals surface area contributed by atoms with E-state index in [1.807, 2.05) is 49.4 Å². The molecule has 0 aliphatic rings. The predicted molar refractivity (Wildman–Crippen MR) is 92.6 cm³/mol. The predicted octanol–water partition coefficient (Wildman–Crippen LogP) is 3.05. The number of para-hydroxylation sites is 3. The molecule has 1 N–H and O–H groups in total. The van der Waals surface area contributed by atoms with E-state index in [1.165, 1.54) is 0 Å². The summed E-state index contributed by atoms with van der Waals surface area (Å²) in [4.78, 5) is 12.3. The Morgan fingerprint density at radius 2 is 1.71 bits per heavy atom. The average Bonchev–Trinajstić information content (AvgIpc) is 2.64. The minimum Gasteiger partial charge on any atom is -0.493 e. The zero-order chi connectivity index (χ0) is 17.2. The zero-order valence-electron chi connectivity index (χ0n) is 14.0. The van der Waals surface area contributed by atoms with Crippen molar-refractivity contribution in [1.29, 1.82) is 0 Å². The van der Waals surface area contributed by atoms with Crippen LogP contribution in [0.5, 0.6) is 17.2 Å². The fourth-order valence-electron chi connectivity index (χ4n) is 2.17. The van der Waals surface area contributed by atoms with Gasteiger partial charge in [0.1, 0.15) is 12.4 Å². The summed E-state index contributed by atoms with van der Waals surface area (Å²) in [6, 6.07) is 16.8. The van der Waals surface area contributed by atoms with Crippen LogP contribution in [0.4, 0.5) is 0 Å². The van der Waals surface area contributed by atoms with Gasteiger partial charge in [-0.15, -0.1) is 0 Å². The van der Waals surface area contributed by atoms with Crippen LogP contribution in [0.15, 0.2) is 54.6 Å². The molecule has 0 fully saturated rings. The normalized spacial score (nSPS) is 11.4. The third kappa shape index (κ3) is 5.19. The molecule has 1 unspecified atom stereocenters. The minimum atomic E-state index is -0.571. The van der Waals surface area contributed by atoms with Crippen LogP contribution in [0.25, 0.3) is 0 Å². The van der Waals surface area contributed by atoms with Crippen LogP contribution in [-0.2, 0) is 4.79 Å². The van der Waals surface area contributed by atoms with E-state index in [1.54, 1.807) is 19.2 Å². The van der Waals surface area contributed by atoms with Gasteiger partial charge >= 0.3 is 0 Å². The fourth-order valence-corrected chi connectivity index (χ4v) is 2.17. The highest BCUT2D eigenvalue weighted by Gasteiger charge is 2.19. The molecule has 1 amide bonds. The summed E-state index contributed by atoms with van der Waals surface area (Å²) in [6.45, 7) is 2.72. The standard InChI is InChI=1S/C19H23NO4/c1-3-16(24-18-12-8-7-11-17(18)22-2)19(21)20-13-14-23-15-9-5-4-6-10-15/h4-12,16H,3,13-14H2,1-2H3,(H,20,21). The minimum absolute atomic E-state index is 0.167. The molecule has 0 aliphatic carbocycles. The van der Waals surface area contributed by atoms with E-state index in [2.05, 4.69) is 5.32 Å². The second kappa shape index (κ2) is 9.45. The Hall–Kier alpha value is -2.69. The molecule has 2 aromatic rings. The molecule has 2 rings (SSSR count). The largest absolute Gasteiger partial charge is 0.493 e. The summed E-state index contributed by atoms with van der Waals surface area (Å²) in [7, 11) is 1.57. The van der Waals surface area contributed by atoms with E-state index >= 15 is 0 Å². The molecule has 5 heteroatoms. The third-order valence-electron chi connectivity index (χ3n) is 3.41. The molecule has 2 aromatic carbocycles. The molecule has 24 heavy (non-hydrogen) atoms. The molecule has 0 saturated carbocycles. The van der Waals surface area contributed by atoms with Gasteiger partial charge in [-0.1, -0.05) is 37.3 Å². The van der Waals surface area contributed by atoms with Crippen LogP contribution in [0.1, 0.15) is 13.3 Å². The van der Waals surface area contributed by atoms with Crippen molar-refractivity contribution in [3.05, 3.63) is 54.6 Å². The van der Waals surface area contributed by atoms with Gasteiger partial charge < -0.3 is 19.5 Å². The van der Waals surface area contributed by atoms with Crippen LogP contribution in [0.3, 0.4) is 0 Å². The number of methoxy groups -OCH3 is 1. The third-order valence-corrected chi connectivity index (χ3v) is 3.41. The summed E-state index contributed by atoms with van der Waals surface area (Å²) >= 11 is 0. The second-order valence-electron chi connectivity index (χ2n) is 5.12. The number of rotatable bonds is 9. The molecular weight excluding hydrogens is 306 g/mol. The van der Waals surface area contributed by atoms with Crippen molar-refractivity contribution >= 4 is 5.91 Å². The topological polar surface area (TPSA) is 56.8 Å². The summed E-state index contributed by atoms with van der Waals surface area (Å²) < 4.78 is 16.6. The lowest BCUT2D eigenvalue weighted by Gasteiger charge is -2.18. The van der Waals surface area contributed by atoms with Crippen molar-refractivity contribution in [2.24, 2.45) is 0 Å². The molecule has 0 bridgehead atoms. The van der Waals surface area contributed by atoms with Crippen molar-refractivity contribution < 1.29 is 19.0 Å². The summed E-state index contributed by atoms with van der Waals surface area (Å²) in [5, 5.41) is 2.83. The van der Waals surface area contributed by atoms with Gasteiger partial charge in [-0.05, 0) is 30.7 Å². The maximum Gasteiger partial charge on any atom is 0.261 e. The first kappa shape index (κ1) is 17.7. The molecular formula is C19H23NO4. The maximum absolute atomic E-state index is 12.3. The number of amides is 1. The summed E-state index contributed by atoms with van der Waals surface area (Å²) in [6.07, 6.45) is -0.0123. The maximum atomic E-state index is 12.3. The monoisotopic (exact) mass is 329 g/mol. The molecule has 0 heterocycles. The summed E-state index contributed by atoms with van der Waals surface area (Å²) in [5.74, 6) is 1.78. The van der Waals surface area contributed by atoms with E-state index in [-0.39, 0.29) is 5.91 Å². The van der Waals surface area contributed by atoms with Crippen molar-refractivity contribution in [3.8, 4) is 17.2 Å². The first-order valence-corrected chi connectivity index (χ1v) is 7.99. The van der Waals surface area contributed by atoms with Crippen LogP contribution in [0, 0.1) is 0 Å². The van der Waals surface area contributed by atoms with Crippen molar-refractivity contribution in [1.82, 2.24) is 5.32 Å². The fraction of sp³-hybridized carbons (Fsp3) is 0.316. The zero-order valence-corrected chi connectivity index (χ0v) is 14.0. The molecule has 0 spiro atoms. The number of carbonyl (C=O) groups is 1. The number of benzene rings is 2. The Balaban J connectivity index is 1.81. The van der Waals surface area contributed by atoms with Gasteiger partial charge in [-0.3, -0.25) is 4.79 Å². The van der Waals surface area contributed by atoms with E-state index in [9.17, 15) is 4.79 Å². The summed E-state index contributed by atoms with van der Waals surface area (Å²) in [5.41, 5.74) is 0. The first-order valence-electron chi connectivity index (χ1n) is 7.99. The van der Waals surface area contributed by atoms with Crippen molar-refractivity contribution in [2.45, 2.75) is 19.4 Å². The Morgan fingerprint density at radius 3 is 2.38 bits per heavy atom. The highest BCUT2D eigenvalue weighted by molar-refractivity contribution is 5.81. The van der Waals surface area contributed by atoms with Crippen LogP contribution in [-0.4, -0.2) is 32.3 Å². The number of hydrogen-bond acceptors (Lipinski definition) is 4. The second-order valence-corrected chi connectivity index (χ2v) is 5.12. The Kier molecular flexibility index (Phi) is 6.95. The Morgan fingerprint density at radius 1 is 1.04 bits per heavy atom. The molecule has 5 nitrogen and oxygen atoms in total. The lowest BCUT2D eigenvalue weighted by atomic mass is 10.2. The Labute approximate surface area is 142 Å². The lowest BCUT2D eigenvalue weighted by Crippen LogP contribution is -2.39. The smallest absolute Gasteiger partial charge is 0.261 e. The molecule has 128 valence electrons. The highest BCUT2D eigenvalue weighted by atomic mass is 16.5. The van der Waals surface area contributed by atoms with Crippen LogP contribution >= 0.6 is 0 Å². The van der Waals surface area contributed by atoms with Crippen molar-refractivity contribution in [2.75, 3.05) is 20.3 Å². The van der Waals surface area contributed by atoms with Gasteiger partial charge in [0.05, 0.1) is 13.7 Å². The molecule has 0 aliphatic heterocycles. The molecule has 0 radical (unpaired) electrons. The average molecular weight is 329 g/mol. The van der Waals surface area contributed by atoms with Gasteiger partial charge in [0.2, 0.25) is 0 Å². The number of hydrogen-bond donors (Lipinski definition) is 1. The molecule has 0 aromatic heterocycles. The number of nitrogens with one attached hydrogen (secondary N) is 1.